The molecule has 0 unspecified atom stereocenters. The largest absolute Gasteiger partial charge is 0.451 e. The molecule has 0 aliphatic heterocycles. The third kappa shape index (κ3) is 5.14. The lowest BCUT2D eigenvalue weighted by Gasteiger charge is -2.32. The van der Waals surface area contributed by atoms with Crippen LogP contribution in [-0.4, -0.2) is 47.5 Å². The van der Waals surface area contributed by atoms with Crippen LogP contribution in [0.5, 0.6) is 0 Å². The van der Waals surface area contributed by atoms with E-state index in [1.165, 1.54) is 39.5 Å². The Bertz CT molecular complexity index is 532. The van der Waals surface area contributed by atoms with E-state index in [1.54, 1.807) is 20.9 Å². The molecule has 0 radical (unpaired) electrons. The molecule has 0 aromatic rings. The van der Waals surface area contributed by atoms with E-state index in [2.05, 4.69) is 0 Å². The summed E-state index contributed by atoms with van der Waals surface area (Å²) in [5.41, 5.74) is -3.65. The Labute approximate surface area is 144 Å². The number of hydrogen-bond donors (Lipinski definition) is 0. The van der Waals surface area contributed by atoms with E-state index >= 15 is 0 Å². The maximum Gasteiger partial charge on any atom is 0.320 e. The Hall–Kier alpha value is -1.72. The number of carbonyl (C=O) groups is 4. The first-order valence-electron chi connectivity index (χ1n) is 8.13. The second kappa shape index (κ2) is 7.45. The molecule has 0 aromatic carbocycles. The minimum absolute atomic E-state index is 0.0846. The van der Waals surface area contributed by atoms with Gasteiger partial charge in [-0.1, -0.05) is 13.8 Å². The predicted molar refractivity (Wildman–Crippen MR) is 91.3 cm³/mol. The fraction of sp³-hybridized carbons (Fsp3) is 0.778. The standard InChI is InChI=1S/C18H31NO5/c1-10-19(9)14(22)16(3,4)11-13(21)17(5,6)15(23)24-18(7,8)12(2)20/h10-11H2,1-9H3. The number of ether oxygens (including phenoxy) is 1. The number of esters is 1. The van der Waals surface area contributed by atoms with Gasteiger partial charge in [0.15, 0.2) is 17.2 Å². The van der Waals surface area contributed by atoms with Crippen molar-refractivity contribution in [1.29, 1.82) is 0 Å². The van der Waals surface area contributed by atoms with Crippen molar-refractivity contribution in [2.45, 2.75) is 67.4 Å². The molecule has 6 heteroatoms. The van der Waals surface area contributed by atoms with Gasteiger partial charge in [-0.25, -0.2) is 0 Å². The van der Waals surface area contributed by atoms with Crippen molar-refractivity contribution in [3.05, 3.63) is 0 Å². The average Bonchev–Trinajstić information content (AvgIpc) is 2.44. The molecule has 24 heavy (non-hydrogen) atoms. The van der Waals surface area contributed by atoms with Crippen molar-refractivity contribution in [2.75, 3.05) is 13.6 Å². The van der Waals surface area contributed by atoms with Crippen LogP contribution in [0.1, 0.15) is 61.8 Å². The summed E-state index contributed by atoms with van der Waals surface area (Å²) in [4.78, 5) is 50.4. The van der Waals surface area contributed by atoms with Crippen LogP contribution in [0.2, 0.25) is 0 Å². The Kier molecular flexibility index (Phi) is 6.91. The highest BCUT2D eigenvalue weighted by Gasteiger charge is 2.44. The number of hydrogen-bond acceptors (Lipinski definition) is 5. The lowest BCUT2D eigenvalue weighted by atomic mass is 9.77. The summed E-state index contributed by atoms with van der Waals surface area (Å²) in [5.74, 6) is -1.62. The Morgan fingerprint density at radius 1 is 0.958 bits per heavy atom. The van der Waals surface area contributed by atoms with E-state index in [9.17, 15) is 19.2 Å². The summed E-state index contributed by atoms with van der Waals surface area (Å²) in [6, 6.07) is 0. The van der Waals surface area contributed by atoms with Crippen molar-refractivity contribution in [1.82, 2.24) is 4.90 Å². The maximum absolute atomic E-state index is 12.6. The zero-order valence-corrected chi connectivity index (χ0v) is 16.4. The molecular weight excluding hydrogens is 310 g/mol. The second-order valence-electron chi connectivity index (χ2n) is 7.88. The molecule has 0 rings (SSSR count). The summed E-state index contributed by atoms with van der Waals surface area (Å²) in [6.45, 7) is 12.9. The van der Waals surface area contributed by atoms with E-state index in [0.717, 1.165) is 0 Å². The molecule has 0 saturated carbocycles. The highest BCUT2D eigenvalue weighted by molar-refractivity contribution is 6.05. The smallest absolute Gasteiger partial charge is 0.320 e. The first-order chi connectivity index (χ1) is 10.6. The number of Topliss-reactive ketones (excluding diaryl/α,β-unsaturated/α-hetero) is 2. The van der Waals surface area contributed by atoms with Gasteiger partial charge in [-0.3, -0.25) is 19.2 Å². The second-order valence-corrected chi connectivity index (χ2v) is 7.88. The zero-order chi connectivity index (χ0) is 19.5. The molecule has 6 nitrogen and oxygen atoms in total. The molecular formula is C18H31NO5. The van der Waals surface area contributed by atoms with E-state index in [0.29, 0.717) is 6.54 Å². The summed E-state index contributed by atoms with van der Waals surface area (Å²) >= 11 is 0. The summed E-state index contributed by atoms with van der Waals surface area (Å²) in [5, 5.41) is 0. The Morgan fingerprint density at radius 2 is 1.42 bits per heavy atom. The highest BCUT2D eigenvalue weighted by atomic mass is 16.6. The van der Waals surface area contributed by atoms with E-state index < -0.39 is 28.2 Å². The molecule has 1 amide bonds. The van der Waals surface area contributed by atoms with Gasteiger partial charge < -0.3 is 9.64 Å². The fourth-order valence-corrected chi connectivity index (χ4v) is 1.90. The van der Waals surface area contributed by atoms with Crippen LogP contribution in [0.3, 0.4) is 0 Å². The number of amides is 1. The van der Waals surface area contributed by atoms with Crippen LogP contribution < -0.4 is 0 Å². The van der Waals surface area contributed by atoms with Crippen LogP contribution in [0.4, 0.5) is 0 Å². The molecule has 0 fully saturated rings. The van der Waals surface area contributed by atoms with Crippen molar-refractivity contribution in [3.63, 3.8) is 0 Å². The normalized spacial score (nSPS) is 12.5. The van der Waals surface area contributed by atoms with Crippen molar-refractivity contribution < 1.29 is 23.9 Å². The predicted octanol–water partition coefficient (Wildman–Crippen LogP) is 2.39. The molecule has 0 aromatic heterocycles. The van der Waals surface area contributed by atoms with Crippen LogP contribution in [-0.2, 0) is 23.9 Å². The maximum atomic E-state index is 12.6. The summed E-state index contributed by atoms with van der Waals surface area (Å²) in [7, 11) is 1.67. The van der Waals surface area contributed by atoms with Gasteiger partial charge in [0.25, 0.3) is 0 Å². The zero-order valence-electron chi connectivity index (χ0n) is 16.4. The van der Waals surface area contributed by atoms with E-state index in [-0.39, 0.29) is 18.1 Å². The van der Waals surface area contributed by atoms with Gasteiger partial charge >= 0.3 is 5.97 Å². The fourth-order valence-electron chi connectivity index (χ4n) is 1.90. The lowest BCUT2D eigenvalue weighted by molar-refractivity contribution is -0.174. The molecule has 0 aliphatic rings. The molecule has 0 saturated heterocycles. The van der Waals surface area contributed by atoms with E-state index in [1.807, 2.05) is 6.92 Å². The molecule has 0 bridgehead atoms. The van der Waals surface area contributed by atoms with Crippen molar-refractivity contribution >= 4 is 23.4 Å². The van der Waals surface area contributed by atoms with Gasteiger partial charge in [0.05, 0.1) is 5.41 Å². The average molecular weight is 341 g/mol. The summed E-state index contributed by atoms with van der Waals surface area (Å²) < 4.78 is 5.22. The minimum atomic E-state index is -1.44. The topological polar surface area (TPSA) is 80.8 Å². The van der Waals surface area contributed by atoms with Crippen LogP contribution in [0.25, 0.3) is 0 Å². The third-order valence-corrected chi connectivity index (χ3v) is 4.41. The number of nitrogens with zero attached hydrogens (tertiary/aromatic N) is 1. The van der Waals surface area contributed by atoms with Gasteiger partial charge in [0.2, 0.25) is 5.91 Å². The van der Waals surface area contributed by atoms with Gasteiger partial charge in [-0.15, -0.1) is 0 Å². The van der Waals surface area contributed by atoms with E-state index in [4.69, 9.17) is 4.74 Å². The van der Waals surface area contributed by atoms with Gasteiger partial charge in [0.1, 0.15) is 5.41 Å². The Morgan fingerprint density at radius 3 is 1.79 bits per heavy atom. The molecule has 138 valence electrons. The van der Waals surface area contributed by atoms with Gasteiger partial charge in [-0.2, -0.15) is 0 Å². The van der Waals surface area contributed by atoms with Crippen LogP contribution >= 0.6 is 0 Å². The SMILES string of the molecule is CCN(C)C(=O)C(C)(C)CC(=O)C(C)(C)C(=O)OC(C)(C)C(C)=O. The number of carbonyl (C=O) groups excluding carboxylic acids is 4. The molecule has 0 N–H and O–H groups in total. The van der Waals surface area contributed by atoms with Gasteiger partial charge in [0, 0.05) is 20.0 Å². The monoisotopic (exact) mass is 341 g/mol. The first-order valence-corrected chi connectivity index (χ1v) is 8.13. The van der Waals surface area contributed by atoms with Gasteiger partial charge in [-0.05, 0) is 41.5 Å². The number of ketones is 2. The molecule has 0 spiro atoms. The van der Waals surface area contributed by atoms with Crippen molar-refractivity contribution in [3.8, 4) is 0 Å². The lowest BCUT2D eigenvalue weighted by Crippen LogP contribution is -2.46. The quantitative estimate of drug-likeness (QED) is 0.500. The minimum Gasteiger partial charge on any atom is -0.451 e. The molecule has 0 aliphatic carbocycles. The van der Waals surface area contributed by atoms with Crippen LogP contribution in [0, 0.1) is 10.8 Å². The third-order valence-electron chi connectivity index (χ3n) is 4.41. The van der Waals surface area contributed by atoms with Crippen LogP contribution in [0.15, 0.2) is 0 Å². The molecule has 0 atom stereocenters. The first kappa shape index (κ1) is 22.3. The number of rotatable bonds is 8. The molecule has 0 heterocycles. The van der Waals surface area contributed by atoms with Crippen molar-refractivity contribution in [2.24, 2.45) is 10.8 Å². The Balaban J connectivity index is 5.24. The highest BCUT2D eigenvalue weighted by Crippen LogP contribution is 2.31. The summed E-state index contributed by atoms with van der Waals surface area (Å²) in [6.07, 6.45) is -0.0846.